The highest BCUT2D eigenvalue weighted by molar-refractivity contribution is 9.10. The zero-order valence-electron chi connectivity index (χ0n) is 10.5. The Labute approximate surface area is 115 Å². The van der Waals surface area contributed by atoms with Crippen molar-refractivity contribution in [3.63, 3.8) is 0 Å². The lowest BCUT2D eigenvalue weighted by Gasteiger charge is -2.13. The summed E-state index contributed by atoms with van der Waals surface area (Å²) in [5.41, 5.74) is 1.17. The third kappa shape index (κ3) is 2.79. The zero-order valence-corrected chi connectivity index (χ0v) is 12.1. The fourth-order valence-corrected chi connectivity index (χ4v) is 2.46. The number of hydrogen-bond acceptors (Lipinski definition) is 3. The summed E-state index contributed by atoms with van der Waals surface area (Å²) in [5, 5.41) is 17.5. The smallest absolute Gasteiger partial charge is 0.159 e. The first kappa shape index (κ1) is 13.2. The second-order valence-electron chi connectivity index (χ2n) is 4.46. The van der Waals surface area contributed by atoms with Gasteiger partial charge < -0.3 is 9.67 Å². The van der Waals surface area contributed by atoms with Gasteiger partial charge in [0, 0.05) is 16.9 Å². The van der Waals surface area contributed by atoms with Gasteiger partial charge in [0.2, 0.25) is 0 Å². The first-order valence-electron chi connectivity index (χ1n) is 5.89. The molecule has 1 aromatic heterocycles. The number of aliphatic hydroxyl groups is 1. The maximum absolute atomic E-state index is 9.26. The highest BCUT2D eigenvalue weighted by Crippen LogP contribution is 2.17. The molecule has 2 aromatic rings. The van der Waals surface area contributed by atoms with Crippen LogP contribution in [0.1, 0.15) is 37.1 Å². The van der Waals surface area contributed by atoms with Crippen molar-refractivity contribution >= 4 is 15.9 Å². The molecule has 0 saturated heterocycles. The van der Waals surface area contributed by atoms with Gasteiger partial charge in [0.05, 0.1) is 0 Å². The summed E-state index contributed by atoms with van der Waals surface area (Å²) in [6, 6.07) is 8.36. The summed E-state index contributed by atoms with van der Waals surface area (Å²) in [5.74, 6) is 1.50. The summed E-state index contributed by atoms with van der Waals surface area (Å²) in [4.78, 5) is 0. The van der Waals surface area contributed by atoms with Gasteiger partial charge in [-0.05, 0) is 31.5 Å². The summed E-state index contributed by atoms with van der Waals surface area (Å²) in [7, 11) is 0. The highest BCUT2D eigenvalue weighted by Gasteiger charge is 2.14. The van der Waals surface area contributed by atoms with Crippen LogP contribution in [-0.2, 0) is 13.0 Å². The van der Waals surface area contributed by atoms with Crippen molar-refractivity contribution in [2.24, 2.45) is 0 Å². The average Bonchev–Trinajstić information content (AvgIpc) is 2.72. The molecule has 0 aliphatic rings. The van der Waals surface area contributed by atoms with Gasteiger partial charge in [0.15, 0.2) is 5.82 Å². The lowest BCUT2D eigenvalue weighted by molar-refractivity contribution is 0.261. The van der Waals surface area contributed by atoms with Crippen molar-refractivity contribution in [1.29, 1.82) is 0 Å². The van der Waals surface area contributed by atoms with Crippen LogP contribution in [0.5, 0.6) is 0 Å². The van der Waals surface area contributed by atoms with E-state index in [1.54, 1.807) is 0 Å². The fourth-order valence-electron chi connectivity index (χ4n) is 2.01. The van der Waals surface area contributed by atoms with Gasteiger partial charge in [-0.25, -0.2) is 0 Å². The molecular weight excluding hydrogens is 294 g/mol. The topological polar surface area (TPSA) is 50.9 Å². The number of rotatable bonds is 4. The van der Waals surface area contributed by atoms with Crippen LogP contribution in [0.2, 0.25) is 0 Å². The molecule has 1 aromatic carbocycles. The van der Waals surface area contributed by atoms with E-state index in [4.69, 9.17) is 0 Å². The van der Waals surface area contributed by atoms with Crippen molar-refractivity contribution in [3.8, 4) is 0 Å². The molecule has 0 radical (unpaired) electrons. The maximum Gasteiger partial charge on any atom is 0.159 e. The normalized spacial score (nSPS) is 11.2. The van der Waals surface area contributed by atoms with E-state index in [1.807, 2.05) is 16.7 Å². The summed E-state index contributed by atoms with van der Waals surface area (Å²) in [6.07, 6.45) is 0.713. The van der Waals surface area contributed by atoms with E-state index in [0.29, 0.717) is 12.2 Å². The van der Waals surface area contributed by atoms with Crippen LogP contribution >= 0.6 is 15.9 Å². The number of halogens is 1. The van der Waals surface area contributed by atoms with E-state index < -0.39 is 0 Å². The first-order chi connectivity index (χ1) is 8.61. The average molecular weight is 310 g/mol. The molecule has 0 aliphatic carbocycles. The van der Waals surface area contributed by atoms with E-state index >= 15 is 0 Å². The van der Waals surface area contributed by atoms with Crippen LogP contribution in [0.25, 0.3) is 0 Å². The predicted octanol–water partition coefficient (Wildman–Crippen LogP) is 2.70. The minimum atomic E-state index is -0.0797. The third-order valence-electron chi connectivity index (χ3n) is 2.75. The van der Waals surface area contributed by atoms with Crippen LogP contribution in [0.15, 0.2) is 28.7 Å². The number of nitrogens with zero attached hydrogens (tertiary/aromatic N) is 3. The van der Waals surface area contributed by atoms with Crippen molar-refractivity contribution in [1.82, 2.24) is 14.8 Å². The predicted molar refractivity (Wildman–Crippen MR) is 73.3 cm³/mol. The largest absolute Gasteiger partial charge is 0.388 e. The molecule has 0 amide bonds. The van der Waals surface area contributed by atoms with E-state index in [1.165, 1.54) is 5.56 Å². The van der Waals surface area contributed by atoms with Crippen LogP contribution in [-0.4, -0.2) is 19.9 Å². The Morgan fingerprint density at radius 3 is 2.61 bits per heavy atom. The minimum Gasteiger partial charge on any atom is -0.388 e. The van der Waals surface area contributed by atoms with E-state index in [0.717, 1.165) is 10.3 Å². The summed E-state index contributed by atoms with van der Waals surface area (Å²) < 4.78 is 3.04. The molecule has 0 bridgehead atoms. The number of benzene rings is 1. The number of hydrogen-bond donors (Lipinski definition) is 1. The second kappa shape index (κ2) is 5.63. The van der Waals surface area contributed by atoms with Crippen LogP contribution < -0.4 is 0 Å². The molecular formula is C13H16BrN3O. The Hall–Kier alpha value is -1.20. The van der Waals surface area contributed by atoms with Crippen molar-refractivity contribution in [2.75, 3.05) is 0 Å². The molecule has 1 N–H and O–H groups in total. The quantitative estimate of drug-likeness (QED) is 0.944. The van der Waals surface area contributed by atoms with Gasteiger partial charge in [0.1, 0.15) is 12.4 Å². The van der Waals surface area contributed by atoms with Crippen molar-refractivity contribution in [2.45, 2.75) is 32.9 Å². The summed E-state index contributed by atoms with van der Waals surface area (Å²) in [6.45, 7) is 4.05. The monoisotopic (exact) mass is 309 g/mol. The van der Waals surface area contributed by atoms with Gasteiger partial charge in [-0.2, -0.15) is 0 Å². The van der Waals surface area contributed by atoms with E-state index in [2.05, 4.69) is 52.1 Å². The number of aliphatic hydroxyl groups excluding tert-OH is 1. The SMILES string of the molecule is CC(C)n1c(CO)nnc1Cc1cccc(Br)c1. The molecule has 2 rings (SSSR count). The number of aromatic nitrogens is 3. The van der Waals surface area contributed by atoms with E-state index in [-0.39, 0.29) is 12.6 Å². The molecule has 5 heteroatoms. The molecule has 0 spiro atoms. The van der Waals surface area contributed by atoms with Crippen molar-refractivity contribution in [3.05, 3.63) is 46.0 Å². The molecule has 96 valence electrons. The van der Waals surface area contributed by atoms with Gasteiger partial charge in [-0.3, -0.25) is 0 Å². The molecule has 18 heavy (non-hydrogen) atoms. The minimum absolute atomic E-state index is 0.0797. The molecule has 0 fully saturated rings. The Bertz CT molecular complexity index is 537. The third-order valence-corrected chi connectivity index (χ3v) is 3.24. The molecule has 4 nitrogen and oxygen atoms in total. The maximum atomic E-state index is 9.26. The lowest BCUT2D eigenvalue weighted by atomic mass is 10.1. The van der Waals surface area contributed by atoms with E-state index in [9.17, 15) is 5.11 Å². The Balaban J connectivity index is 2.32. The van der Waals surface area contributed by atoms with Crippen molar-refractivity contribution < 1.29 is 5.11 Å². The van der Waals surface area contributed by atoms with Crippen LogP contribution in [0.4, 0.5) is 0 Å². The Morgan fingerprint density at radius 2 is 2.00 bits per heavy atom. The van der Waals surface area contributed by atoms with Crippen LogP contribution in [0, 0.1) is 0 Å². The summed E-state index contributed by atoms with van der Waals surface area (Å²) >= 11 is 3.46. The molecule has 0 atom stereocenters. The van der Waals surface area contributed by atoms with Gasteiger partial charge >= 0.3 is 0 Å². The van der Waals surface area contributed by atoms with Crippen LogP contribution in [0.3, 0.4) is 0 Å². The zero-order chi connectivity index (χ0) is 13.1. The molecule has 1 heterocycles. The Kier molecular flexibility index (Phi) is 4.14. The standard InChI is InChI=1S/C13H16BrN3O/c1-9(2)17-12(15-16-13(17)8-18)7-10-4-3-5-11(14)6-10/h3-6,9,18H,7-8H2,1-2H3. The highest BCUT2D eigenvalue weighted by atomic mass is 79.9. The molecule has 0 unspecified atom stereocenters. The fraction of sp³-hybridized carbons (Fsp3) is 0.385. The van der Waals surface area contributed by atoms with Gasteiger partial charge in [0.25, 0.3) is 0 Å². The van der Waals surface area contributed by atoms with Gasteiger partial charge in [-0.15, -0.1) is 10.2 Å². The lowest BCUT2D eigenvalue weighted by Crippen LogP contribution is -2.10. The Morgan fingerprint density at radius 1 is 1.28 bits per heavy atom. The first-order valence-corrected chi connectivity index (χ1v) is 6.69. The second-order valence-corrected chi connectivity index (χ2v) is 5.38. The molecule has 0 saturated carbocycles. The van der Waals surface area contributed by atoms with Gasteiger partial charge in [-0.1, -0.05) is 28.1 Å². The molecule has 0 aliphatic heterocycles.